The fourth-order valence-corrected chi connectivity index (χ4v) is 4.23. The Morgan fingerprint density at radius 1 is 0.500 bits per heavy atom. The highest BCUT2D eigenvalue weighted by Gasteiger charge is 2.26. The van der Waals surface area contributed by atoms with Crippen molar-refractivity contribution in [3.8, 4) is 0 Å². The molecule has 0 saturated heterocycles. The topological polar surface area (TPSA) is 0 Å². The van der Waals surface area contributed by atoms with Crippen molar-refractivity contribution < 1.29 is 0 Å². The van der Waals surface area contributed by atoms with E-state index in [4.69, 9.17) is 0 Å². The van der Waals surface area contributed by atoms with Crippen LogP contribution in [0.5, 0.6) is 0 Å². The van der Waals surface area contributed by atoms with E-state index in [1.54, 1.807) is 0 Å². The van der Waals surface area contributed by atoms with E-state index in [1.165, 1.54) is 55.3 Å². The molecule has 0 nitrogen and oxygen atoms in total. The van der Waals surface area contributed by atoms with Crippen LogP contribution in [0.1, 0.15) is 33.4 Å². The van der Waals surface area contributed by atoms with Crippen LogP contribution in [-0.2, 0) is 0 Å². The van der Waals surface area contributed by atoms with Gasteiger partial charge >= 0.3 is 0 Å². The molecule has 4 aromatic carbocycles. The fraction of sp³-hybridized carbons (Fsp3) is 0.0769. The van der Waals surface area contributed by atoms with E-state index in [0.29, 0.717) is 0 Å². The van der Waals surface area contributed by atoms with Crippen molar-refractivity contribution >= 4 is 21.9 Å². The minimum Gasteiger partial charge on any atom is -0.0614 e. The fourth-order valence-electron chi connectivity index (χ4n) is 4.23. The van der Waals surface area contributed by atoms with Crippen molar-refractivity contribution in [2.75, 3.05) is 0 Å². The molecule has 0 heteroatoms. The van der Waals surface area contributed by atoms with Gasteiger partial charge in [0.05, 0.1) is 0 Å². The first-order chi connectivity index (χ1) is 12.7. The molecule has 0 saturated carbocycles. The van der Waals surface area contributed by atoms with Gasteiger partial charge in [0.2, 0.25) is 0 Å². The van der Waals surface area contributed by atoms with Crippen LogP contribution in [0.3, 0.4) is 0 Å². The van der Waals surface area contributed by atoms with Crippen molar-refractivity contribution in [1.29, 1.82) is 0 Å². The minimum atomic E-state index is 1.29. The first-order valence-electron chi connectivity index (χ1n) is 9.13. The summed E-state index contributed by atoms with van der Waals surface area (Å²) in [5.74, 6) is 0. The third-order valence-corrected chi connectivity index (χ3v) is 5.31. The molecule has 0 fully saturated rings. The molecule has 5 rings (SSSR count). The van der Waals surface area contributed by atoms with E-state index in [9.17, 15) is 0 Å². The van der Waals surface area contributed by atoms with Crippen LogP contribution in [0.25, 0.3) is 21.9 Å². The predicted octanol–water partition coefficient (Wildman–Crippen LogP) is 6.78. The standard InChI is InChI=1S/C26H20/c1-17-7-3-11-20(15-17)25-22-13-5-9-19-10-6-14-23(24(19)22)26(25)21-12-4-8-18(2)16-21/h3-16H,1-2H3. The van der Waals surface area contributed by atoms with Crippen molar-refractivity contribution in [3.05, 3.63) is 118 Å². The lowest BCUT2D eigenvalue weighted by Gasteiger charge is -2.12. The molecule has 0 spiro atoms. The molecular weight excluding hydrogens is 312 g/mol. The smallest absolute Gasteiger partial charge is 0.00200 e. The average Bonchev–Trinajstić information content (AvgIpc) is 2.98. The third-order valence-electron chi connectivity index (χ3n) is 5.31. The molecular formula is C26H20. The van der Waals surface area contributed by atoms with E-state index < -0.39 is 0 Å². The Morgan fingerprint density at radius 3 is 1.42 bits per heavy atom. The molecule has 26 heavy (non-hydrogen) atoms. The molecule has 0 N–H and O–H groups in total. The van der Waals surface area contributed by atoms with Crippen LogP contribution in [0.2, 0.25) is 0 Å². The molecule has 0 radical (unpaired) electrons. The number of hydrogen-bond acceptors (Lipinski definition) is 0. The van der Waals surface area contributed by atoms with Gasteiger partial charge in [-0.1, -0.05) is 96.1 Å². The summed E-state index contributed by atoms with van der Waals surface area (Å²) in [6.07, 6.45) is 0. The van der Waals surface area contributed by atoms with Gasteiger partial charge in [-0.25, -0.2) is 0 Å². The normalized spacial score (nSPS) is 12.8. The average molecular weight is 332 g/mol. The van der Waals surface area contributed by atoms with Crippen molar-refractivity contribution in [2.24, 2.45) is 0 Å². The zero-order valence-electron chi connectivity index (χ0n) is 15.1. The first-order valence-corrected chi connectivity index (χ1v) is 9.13. The van der Waals surface area contributed by atoms with Gasteiger partial charge in [0.15, 0.2) is 0 Å². The van der Waals surface area contributed by atoms with Crippen LogP contribution in [0, 0.1) is 13.8 Å². The SMILES string of the molecule is Cc1cccc(C2=C(c3cccc(C)c3)c3cccc4cccc2c34)c1. The molecule has 0 aromatic heterocycles. The maximum atomic E-state index is 2.30. The maximum Gasteiger partial charge on any atom is -0.00200 e. The first kappa shape index (κ1) is 15.2. The van der Waals surface area contributed by atoms with Gasteiger partial charge in [-0.05, 0) is 58.0 Å². The van der Waals surface area contributed by atoms with Crippen LogP contribution < -0.4 is 0 Å². The van der Waals surface area contributed by atoms with Gasteiger partial charge in [-0.15, -0.1) is 0 Å². The van der Waals surface area contributed by atoms with Crippen molar-refractivity contribution in [1.82, 2.24) is 0 Å². The summed E-state index contributed by atoms with van der Waals surface area (Å²) in [4.78, 5) is 0. The number of rotatable bonds is 2. The Hall–Kier alpha value is -3.12. The lowest BCUT2D eigenvalue weighted by molar-refractivity contribution is 1.43. The highest BCUT2D eigenvalue weighted by atomic mass is 14.3. The molecule has 0 atom stereocenters. The molecule has 0 bridgehead atoms. The van der Waals surface area contributed by atoms with Crippen LogP contribution in [-0.4, -0.2) is 0 Å². The Labute approximate surface area is 154 Å². The molecule has 0 heterocycles. The van der Waals surface area contributed by atoms with E-state index in [1.807, 2.05) is 0 Å². The molecule has 0 amide bonds. The largest absolute Gasteiger partial charge is 0.0614 e. The van der Waals surface area contributed by atoms with E-state index in [2.05, 4.69) is 98.8 Å². The highest BCUT2D eigenvalue weighted by molar-refractivity contribution is 6.20. The second-order valence-corrected chi connectivity index (χ2v) is 7.20. The van der Waals surface area contributed by atoms with Crippen molar-refractivity contribution in [3.63, 3.8) is 0 Å². The summed E-state index contributed by atoms with van der Waals surface area (Å²) in [5.41, 5.74) is 10.6. The van der Waals surface area contributed by atoms with Gasteiger partial charge in [0.1, 0.15) is 0 Å². The Kier molecular flexibility index (Phi) is 3.33. The molecule has 1 aliphatic rings. The Morgan fingerprint density at radius 2 is 0.962 bits per heavy atom. The quantitative estimate of drug-likeness (QED) is 0.334. The van der Waals surface area contributed by atoms with E-state index in [-0.39, 0.29) is 0 Å². The summed E-state index contributed by atoms with van der Waals surface area (Å²) >= 11 is 0. The van der Waals surface area contributed by atoms with Gasteiger partial charge in [0.25, 0.3) is 0 Å². The van der Waals surface area contributed by atoms with E-state index >= 15 is 0 Å². The van der Waals surface area contributed by atoms with Crippen LogP contribution in [0.4, 0.5) is 0 Å². The maximum absolute atomic E-state index is 2.30. The second-order valence-electron chi connectivity index (χ2n) is 7.20. The van der Waals surface area contributed by atoms with Crippen LogP contribution >= 0.6 is 0 Å². The number of hydrogen-bond donors (Lipinski definition) is 0. The summed E-state index contributed by atoms with van der Waals surface area (Å²) in [6, 6.07) is 31.1. The van der Waals surface area contributed by atoms with Crippen molar-refractivity contribution in [2.45, 2.75) is 13.8 Å². The molecule has 1 aliphatic carbocycles. The lowest BCUT2D eigenvalue weighted by atomic mass is 9.91. The highest BCUT2D eigenvalue weighted by Crippen LogP contribution is 2.47. The molecule has 0 unspecified atom stereocenters. The number of benzene rings is 4. The Bertz CT molecular complexity index is 1100. The minimum absolute atomic E-state index is 1.29. The van der Waals surface area contributed by atoms with Gasteiger partial charge in [0, 0.05) is 0 Å². The van der Waals surface area contributed by atoms with E-state index in [0.717, 1.165) is 0 Å². The summed E-state index contributed by atoms with van der Waals surface area (Å²) in [5, 5.41) is 2.69. The predicted molar refractivity (Wildman–Crippen MR) is 111 cm³/mol. The monoisotopic (exact) mass is 332 g/mol. The second kappa shape index (κ2) is 5.71. The molecule has 4 aromatic rings. The van der Waals surface area contributed by atoms with Gasteiger partial charge < -0.3 is 0 Å². The summed E-state index contributed by atoms with van der Waals surface area (Å²) in [7, 11) is 0. The van der Waals surface area contributed by atoms with Gasteiger partial charge in [-0.2, -0.15) is 0 Å². The molecule has 0 aliphatic heterocycles. The lowest BCUT2D eigenvalue weighted by Crippen LogP contribution is -1.91. The molecule has 124 valence electrons. The zero-order valence-corrected chi connectivity index (χ0v) is 15.1. The zero-order chi connectivity index (χ0) is 17.7. The Balaban J connectivity index is 1.92. The number of aryl methyl sites for hydroxylation is 2. The van der Waals surface area contributed by atoms with Crippen LogP contribution in [0.15, 0.2) is 84.9 Å². The third kappa shape index (κ3) is 2.23. The summed E-state index contributed by atoms with van der Waals surface area (Å²) in [6.45, 7) is 4.33. The van der Waals surface area contributed by atoms with Gasteiger partial charge in [-0.3, -0.25) is 0 Å². The summed E-state index contributed by atoms with van der Waals surface area (Å²) < 4.78 is 0.